The Hall–Kier alpha value is -2.33. The molecule has 1 heterocycles. The smallest absolute Gasteiger partial charge is 0.189 e. The molecule has 0 fully saturated rings. The van der Waals surface area contributed by atoms with Gasteiger partial charge in [0.2, 0.25) is 0 Å². The largest absolute Gasteiger partial charge is 0.450 e. The van der Waals surface area contributed by atoms with Crippen molar-refractivity contribution in [2.24, 2.45) is 0 Å². The Labute approximate surface area is 126 Å². The van der Waals surface area contributed by atoms with Crippen LogP contribution in [0, 0.1) is 12.7 Å². The van der Waals surface area contributed by atoms with E-state index in [4.69, 9.17) is 22.1 Å². The van der Waals surface area contributed by atoms with Crippen LogP contribution in [0.1, 0.15) is 5.56 Å². The van der Waals surface area contributed by atoms with Gasteiger partial charge in [-0.15, -0.1) is 0 Å². The third-order valence-electron chi connectivity index (χ3n) is 3.13. The van der Waals surface area contributed by atoms with Gasteiger partial charge in [0.05, 0.1) is 5.02 Å². The highest BCUT2D eigenvalue weighted by Crippen LogP contribution is 2.37. The predicted octanol–water partition coefficient (Wildman–Crippen LogP) is 4.71. The Morgan fingerprint density at radius 1 is 1.24 bits per heavy atom. The summed E-state index contributed by atoms with van der Waals surface area (Å²) < 4.78 is 19.8. The van der Waals surface area contributed by atoms with Gasteiger partial charge in [-0.1, -0.05) is 17.7 Å². The molecule has 0 amide bonds. The Morgan fingerprint density at radius 2 is 2.05 bits per heavy atom. The van der Waals surface area contributed by atoms with Crippen LogP contribution in [0.2, 0.25) is 5.02 Å². The summed E-state index contributed by atoms with van der Waals surface area (Å²) in [7, 11) is 0. The van der Waals surface area contributed by atoms with Gasteiger partial charge in [-0.25, -0.2) is 4.39 Å². The number of fused-ring (bicyclic) bond motifs is 1. The van der Waals surface area contributed by atoms with E-state index >= 15 is 0 Å². The first-order valence-electron chi connectivity index (χ1n) is 6.33. The molecule has 3 nitrogen and oxygen atoms in total. The van der Waals surface area contributed by atoms with E-state index in [0.29, 0.717) is 27.4 Å². The van der Waals surface area contributed by atoms with Gasteiger partial charge in [0.25, 0.3) is 0 Å². The second kappa shape index (κ2) is 5.22. The molecular formula is C16H12ClFN2O. The maximum absolute atomic E-state index is 14.2. The van der Waals surface area contributed by atoms with Crippen LogP contribution in [0.15, 0.2) is 42.6 Å². The third kappa shape index (κ3) is 2.50. The van der Waals surface area contributed by atoms with Crippen molar-refractivity contribution < 1.29 is 9.13 Å². The number of nitrogen functional groups attached to an aromatic ring is 1. The van der Waals surface area contributed by atoms with Gasteiger partial charge in [0, 0.05) is 23.3 Å². The van der Waals surface area contributed by atoms with E-state index in [9.17, 15) is 4.39 Å². The van der Waals surface area contributed by atoms with Crippen molar-refractivity contribution in [2.75, 3.05) is 5.73 Å². The topological polar surface area (TPSA) is 48.1 Å². The molecule has 0 saturated carbocycles. The summed E-state index contributed by atoms with van der Waals surface area (Å²) in [4.78, 5) is 4.16. The number of aromatic nitrogens is 1. The maximum atomic E-state index is 14.2. The number of ether oxygens (including phenoxy) is 1. The Balaban J connectivity index is 2.16. The molecule has 0 atom stereocenters. The van der Waals surface area contributed by atoms with Crippen LogP contribution in [-0.2, 0) is 0 Å². The number of benzene rings is 2. The lowest BCUT2D eigenvalue weighted by Crippen LogP contribution is -1.96. The molecule has 3 rings (SSSR count). The Bertz CT molecular complexity index is 836. The fraction of sp³-hybridized carbons (Fsp3) is 0.0625. The zero-order valence-corrected chi connectivity index (χ0v) is 12.0. The summed E-state index contributed by atoms with van der Waals surface area (Å²) in [6.45, 7) is 1.91. The number of hydrogen-bond acceptors (Lipinski definition) is 3. The molecule has 5 heteroatoms. The fourth-order valence-electron chi connectivity index (χ4n) is 2.11. The van der Waals surface area contributed by atoms with E-state index in [1.54, 1.807) is 30.5 Å². The quantitative estimate of drug-likeness (QED) is 0.697. The lowest BCUT2D eigenvalue weighted by atomic mass is 10.1. The van der Waals surface area contributed by atoms with Crippen LogP contribution in [-0.4, -0.2) is 4.98 Å². The van der Waals surface area contributed by atoms with E-state index < -0.39 is 5.82 Å². The standard InChI is InChI=1S/C16H12ClFN2O/c1-9-4-5-14(11(17)7-9)21-16-12(18)8-13(19)10-3-2-6-20-15(10)16/h2-8H,19H2,1H3. The van der Waals surface area contributed by atoms with Gasteiger partial charge < -0.3 is 10.5 Å². The van der Waals surface area contributed by atoms with Crippen molar-refractivity contribution in [3.63, 3.8) is 0 Å². The highest BCUT2D eigenvalue weighted by atomic mass is 35.5. The van der Waals surface area contributed by atoms with E-state index in [0.717, 1.165) is 5.56 Å². The predicted molar refractivity (Wildman–Crippen MR) is 82.4 cm³/mol. The van der Waals surface area contributed by atoms with Gasteiger partial charge in [0.1, 0.15) is 11.3 Å². The summed E-state index contributed by atoms with van der Waals surface area (Å²) >= 11 is 6.12. The molecule has 1 aromatic heterocycles. The first-order valence-corrected chi connectivity index (χ1v) is 6.71. The van der Waals surface area contributed by atoms with Crippen molar-refractivity contribution >= 4 is 28.2 Å². The first kappa shape index (κ1) is 13.6. The molecule has 21 heavy (non-hydrogen) atoms. The molecule has 0 aliphatic carbocycles. The van der Waals surface area contributed by atoms with Crippen molar-refractivity contribution in [1.29, 1.82) is 0 Å². The summed E-state index contributed by atoms with van der Waals surface area (Å²) in [6.07, 6.45) is 1.56. The van der Waals surface area contributed by atoms with Gasteiger partial charge in [-0.2, -0.15) is 0 Å². The van der Waals surface area contributed by atoms with Crippen LogP contribution in [0.4, 0.5) is 10.1 Å². The lowest BCUT2D eigenvalue weighted by Gasteiger charge is -2.12. The lowest BCUT2D eigenvalue weighted by molar-refractivity contribution is 0.447. The van der Waals surface area contributed by atoms with E-state index in [2.05, 4.69) is 4.98 Å². The fourth-order valence-corrected chi connectivity index (χ4v) is 2.38. The van der Waals surface area contributed by atoms with Gasteiger partial charge in [-0.3, -0.25) is 4.98 Å². The SMILES string of the molecule is Cc1ccc(Oc2c(F)cc(N)c3cccnc23)c(Cl)c1. The Morgan fingerprint density at radius 3 is 2.81 bits per heavy atom. The molecule has 2 N–H and O–H groups in total. The normalized spacial score (nSPS) is 10.8. The number of anilines is 1. The van der Waals surface area contributed by atoms with Crippen molar-refractivity contribution in [3.8, 4) is 11.5 Å². The third-order valence-corrected chi connectivity index (χ3v) is 3.43. The molecule has 0 radical (unpaired) electrons. The highest BCUT2D eigenvalue weighted by molar-refractivity contribution is 6.32. The van der Waals surface area contributed by atoms with Crippen LogP contribution in [0.5, 0.6) is 11.5 Å². The average molecular weight is 303 g/mol. The first-order chi connectivity index (χ1) is 10.1. The number of nitrogens with zero attached hydrogens (tertiary/aromatic N) is 1. The number of hydrogen-bond donors (Lipinski definition) is 1. The molecule has 0 unspecified atom stereocenters. The van der Waals surface area contributed by atoms with Crippen LogP contribution in [0.3, 0.4) is 0 Å². The molecule has 0 saturated heterocycles. The summed E-state index contributed by atoms with van der Waals surface area (Å²) in [5.41, 5.74) is 7.49. The second-order valence-electron chi connectivity index (χ2n) is 4.71. The highest BCUT2D eigenvalue weighted by Gasteiger charge is 2.15. The minimum absolute atomic E-state index is 0.0190. The van der Waals surface area contributed by atoms with Crippen molar-refractivity contribution in [1.82, 2.24) is 4.98 Å². The molecular weight excluding hydrogens is 291 g/mol. The van der Waals surface area contributed by atoms with Gasteiger partial charge in [0.15, 0.2) is 11.6 Å². The molecule has 0 aliphatic rings. The number of pyridine rings is 1. The average Bonchev–Trinajstić information content (AvgIpc) is 2.45. The molecule has 0 aliphatic heterocycles. The summed E-state index contributed by atoms with van der Waals surface area (Å²) in [6, 6.07) is 10.0. The zero-order chi connectivity index (χ0) is 15.0. The number of aryl methyl sites for hydroxylation is 1. The Kier molecular flexibility index (Phi) is 3.39. The summed E-state index contributed by atoms with van der Waals surface area (Å²) in [5, 5.41) is 1.05. The molecule has 0 bridgehead atoms. The minimum atomic E-state index is -0.574. The van der Waals surface area contributed by atoms with Crippen molar-refractivity contribution in [3.05, 3.63) is 59.0 Å². The van der Waals surface area contributed by atoms with E-state index in [1.807, 2.05) is 13.0 Å². The van der Waals surface area contributed by atoms with E-state index in [-0.39, 0.29) is 5.75 Å². The van der Waals surface area contributed by atoms with Crippen LogP contribution >= 0.6 is 11.6 Å². The molecule has 106 valence electrons. The number of rotatable bonds is 2. The van der Waals surface area contributed by atoms with Crippen LogP contribution < -0.4 is 10.5 Å². The number of nitrogens with two attached hydrogens (primary N) is 1. The number of halogens is 2. The van der Waals surface area contributed by atoms with E-state index in [1.165, 1.54) is 6.07 Å². The van der Waals surface area contributed by atoms with Crippen LogP contribution in [0.25, 0.3) is 10.9 Å². The summed E-state index contributed by atoms with van der Waals surface area (Å²) in [5.74, 6) is -0.182. The second-order valence-corrected chi connectivity index (χ2v) is 5.12. The molecule has 0 spiro atoms. The molecule has 3 aromatic rings. The maximum Gasteiger partial charge on any atom is 0.189 e. The van der Waals surface area contributed by atoms with Gasteiger partial charge in [-0.05, 0) is 36.8 Å². The zero-order valence-electron chi connectivity index (χ0n) is 11.2. The monoisotopic (exact) mass is 302 g/mol. The minimum Gasteiger partial charge on any atom is -0.450 e. The van der Waals surface area contributed by atoms with Gasteiger partial charge >= 0.3 is 0 Å². The molecule has 2 aromatic carbocycles. The van der Waals surface area contributed by atoms with Crippen molar-refractivity contribution in [2.45, 2.75) is 6.92 Å².